The molecule has 2 N–H and O–H groups in total. The van der Waals surface area contributed by atoms with Gasteiger partial charge >= 0.3 is 0 Å². The first kappa shape index (κ1) is 15.8. The zero-order chi connectivity index (χ0) is 16.3. The molecule has 1 amide bonds. The van der Waals surface area contributed by atoms with E-state index in [2.05, 4.69) is 28.1 Å². The Labute approximate surface area is 139 Å². The second-order valence-corrected chi connectivity index (χ2v) is 6.66. The van der Waals surface area contributed by atoms with E-state index in [4.69, 9.17) is 0 Å². The van der Waals surface area contributed by atoms with Crippen LogP contribution in [0.5, 0.6) is 0 Å². The number of aliphatic hydroxyl groups is 1. The molecule has 23 heavy (non-hydrogen) atoms. The van der Waals surface area contributed by atoms with Crippen molar-refractivity contribution < 1.29 is 9.90 Å². The SMILES string of the molecule is CC(O)(CNC(=O)CCn1ccc2ccccc21)c1ccsc1. The number of benzene rings is 1. The summed E-state index contributed by atoms with van der Waals surface area (Å²) in [6.07, 6.45) is 2.39. The lowest BCUT2D eigenvalue weighted by Gasteiger charge is -2.22. The number of nitrogens with zero attached hydrogens (tertiary/aromatic N) is 1. The van der Waals surface area contributed by atoms with Crippen LogP contribution in [-0.2, 0) is 16.9 Å². The monoisotopic (exact) mass is 328 g/mol. The molecule has 2 aromatic heterocycles. The molecule has 0 saturated heterocycles. The summed E-state index contributed by atoms with van der Waals surface area (Å²) >= 11 is 1.53. The zero-order valence-electron chi connectivity index (χ0n) is 13.0. The van der Waals surface area contributed by atoms with Crippen LogP contribution in [-0.4, -0.2) is 22.1 Å². The molecule has 3 rings (SSSR count). The molecule has 0 bridgehead atoms. The number of thiophene rings is 1. The fourth-order valence-electron chi connectivity index (χ4n) is 2.59. The summed E-state index contributed by atoms with van der Waals surface area (Å²) in [5.74, 6) is -0.0571. The molecule has 1 aromatic carbocycles. The smallest absolute Gasteiger partial charge is 0.221 e. The molecule has 0 aliphatic heterocycles. The number of aryl methyl sites for hydroxylation is 1. The molecule has 2 heterocycles. The third-order valence-electron chi connectivity index (χ3n) is 4.03. The Bertz CT molecular complexity index is 790. The topological polar surface area (TPSA) is 54.3 Å². The van der Waals surface area contributed by atoms with Gasteiger partial charge in [-0.15, -0.1) is 0 Å². The number of hydrogen-bond acceptors (Lipinski definition) is 3. The predicted molar refractivity (Wildman–Crippen MR) is 93.5 cm³/mol. The number of hydrogen-bond donors (Lipinski definition) is 2. The van der Waals surface area contributed by atoms with E-state index in [9.17, 15) is 9.90 Å². The molecule has 5 heteroatoms. The number of rotatable bonds is 6. The molecule has 0 aliphatic carbocycles. The molecule has 1 atom stereocenters. The van der Waals surface area contributed by atoms with Gasteiger partial charge in [0.1, 0.15) is 5.60 Å². The van der Waals surface area contributed by atoms with Gasteiger partial charge in [-0.1, -0.05) is 18.2 Å². The summed E-state index contributed by atoms with van der Waals surface area (Å²) in [6.45, 7) is 2.56. The molecule has 120 valence electrons. The third kappa shape index (κ3) is 3.63. The maximum Gasteiger partial charge on any atom is 0.221 e. The second-order valence-electron chi connectivity index (χ2n) is 5.88. The maximum atomic E-state index is 12.1. The van der Waals surface area contributed by atoms with Crippen LogP contribution in [0.2, 0.25) is 0 Å². The lowest BCUT2D eigenvalue weighted by molar-refractivity contribution is -0.122. The molecule has 0 aliphatic rings. The van der Waals surface area contributed by atoms with Crippen LogP contribution >= 0.6 is 11.3 Å². The minimum absolute atomic E-state index is 0.0571. The van der Waals surface area contributed by atoms with E-state index in [1.54, 1.807) is 6.92 Å². The fraction of sp³-hybridized carbons (Fsp3) is 0.278. The number of carbonyl (C=O) groups excluding carboxylic acids is 1. The Morgan fingerprint density at radius 3 is 2.91 bits per heavy atom. The maximum absolute atomic E-state index is 12.1. The van der Waals surface area contributed by atoms with Crippen molar-refractivity contribution in [2.45, 2.75) is 25.5 Å². The van der Waals surface area contributed by atoms with Gasteiger partial charge in [-0.25, -0.2) is 0 Å². The molecule has 3 aromatic rings. The van der Waals surface area contributed by atoms with Crippen molar-refractivity contribution in [3.8, 4) is 0 Å². The first-order valence-electron chi connectivity index (χ1n) is 7.62. The standard InChI is InChI=1S/C18H20N2O2S/c1-18(22,15-8-11-23-12-15)13-19-17(21)7-10-20-9-6-14-4-2-3-5-16(14)20/h2-6,8-9,11-12,22H,7,10,13H2,1H3,(H,19,21). The summed E-state index contributed by atoms with van der Waals surface area (Å²) in [5.41, 5.74) is 0.931. The van der Waals surface area contributed by atoms with Gasteiger partial charge in [-0.3, -0.25) is 4.79 Å². The summed E-state index contributed by atoms with van der Waals surface area (Å²) < 4.78 is 2.08. The fourth-order valence-corrected chi connectivity index (χ4v) is 3.37. The molecule has 1 unspecified atom stereocenters. The first-order valence-corrected chi connectivity index (χ1v) is 8.56. The van der Waals surface area contributed by atoms with Gasteiger partial charge in [0.2, 0.25) is 5.91 Å². The van der Waals surface area contributed by atoms with Crippen LogP contribution in [0.15, 0.2) is 53.4 Å². The second kappa shape index (κ2) is 6.56. The van der Waals surface area contributed by atoms with Crippen LogP contribution in [0.1, 0.15) is 18.9 Å². The molecular weight excluding hydrogens is 308 g/mol. The number of amides is 1. The number of carbonyl (C=O) groups is 1. The summed E-state index contributed by atoms with van der Waals surface area (Å²) in [5, 5.41) is 18.2. The van der Waals surface area contributed by atoms with Crippen LogP contribution in [0.4, 0.5) is 0 Å². The van der Waals surface area contributed by atoms with Crippen molar-refractivity contribution in [1.29, 1.82) is 0 Å². The zero-order valence-corrected chi connectivity index (χ0v) is 13.8. The average molecular weight is 328 g/mol. The van der Waals surface area contributed by atoms with Gasteiger partial charge in [0, 0.05) is 24.7 Å². The summed E-state index contributed by atoms with van der Waals surface area (Å²) in [6, 6.07) is 12.0. The lowest BCUT2D eigenvalue weighted by Crippen LogP contribution is -2.38. The Balaban J connectivity index is 1.54. The number of para-hydroxylation sites is 1. The average Bonchev–Trinajstić information content (AvgIpc) is 3.21. The van der Waals surface area contributed by atoms with E-state index in [0.717, 1.165) is 11.1 Å². The van der Waals surface area contributed by atoms with Crippen LogP contribution < -0.4 is 5.32 Å². The van der Waals surface area contributed by atoms with Crippen molar-refractivity contribution in [3.05, 3.63) is 58.9 Å². The van der Waals surface area contributed by atoms with Crippen molar-refractivity contribution in [2.24, 2.45) is 0 Å². The molecule has 0 spiro atoms. The highest BCUT2D eigenvalue weighted by Gasteiger charge is 2.24. The number of fused-ring (bicyclic) bond motifs is 1. The molecule has 0 radical (unpaired) electrons. The third-order valence-corrected chi connectivity index (χ3v) is 4.72. The minimum Gasteiger partial charge on any atom is -0.384 e. The van der Waals surface area contributed by atoms with Gasteiger partial charge in [0.15, 0.2) is 0 Å². The predicted octanol–water partition coefficient (Wildman–Crippen LogP) is 3.12. The largest absolute Gasteiger partial charge is 0.384 e. The van der Waals surface area contributed by atoms with Crippen molar-refractivity contribution in [2.75, 3.05) is 6.54 Å². The van der Waals surface area contributed by atoms with Gasteiger partial charge in [-0.2, -0.15) is 11.3 Å². The Morgan fingerprint density at radius 2 is 2.13 bits per heavy atom. The summed E-state index contributed by atoms with van der Waals surface area (Å²) in [4.78, 5) is 12.1. The highest BCUT2D eigenvalue weighted by atomic mass is 32.1. The Kier molecular flexibility index (Phi) is 4.50. The molecule has 0 saturated carbocycles. The van der Waals surface area contributed by atoms with Crippen LogP contribution in [0.25, 0.3) is 10.9 Å². The summed E-state index contributed by atoms with van der Waals surface area (Å²) in [7, 11) is 0. The highest BCUT2D eigenvalue weighted by molar-refractivity contribution is 7.08. The minimum atomic E-state index is -1.03. The van der Waals surface area contributed by atoms with E-state index in [0.29, 0.717) is 13.0 Å². The van der Waals surface area contributed by atoms with Crippen LogP contribution in [0, 0.1) is 0 Å². The lowest BCUT2D eigenvalue weighted by atomic mass is 9.99. The first-order chi connectivity index (χ1) is 11.1. The van der Waals surface area contributed by atoms with E-state index in [1.807, 2.05) is 35.2 Å². The van der Waals surface area contributed by atoms with E-state index in [-0.39, 0.29) is 12.5 Å². The Hall–Kier alpha value is -2.11. The molecular formula is C18H20N2O2S. The van der Waals surface area contributed by atoms with Crippen molar-refractivity contribution in [3.63, 3.8) is 0 Å². The van der Waals surface area contributed by atoms with Crippen LogP contribution in [0.3, 0.4) is 0 Å². The molecule has 4 nitrogen and oxygen atoms in total. The normalized spacial score (nSPS) is 13.8. The van der Waals surface area contributed by atoms with E-state index < -0.39 is 5.60 Å². The van der Waals surface area contributed by atoms with E-state index >= 15 is 0 Å². The van der Waals surface area contributed by atoms with Crippen molar-refractivity contribution in [1.82, 2.24) is 9.88 Å². The number of aromatic nitrogens is 1. The quantitative estimate of drug-likeness (QED) is 0.730. The van der Waals surface area contributed by atoms with Crippen molar-refractivity contribution >= 4 is 28.1 Å². The molecule has 0 fully saturated rings. The van der Waals surface area contributed by atoms with Gasteiger partial charge in [0.25, 0.3) is 0 Å². The number of nitrogens with one attached hydrogen (secondary N) is 1. The van der Waals surface area contributed by atoms with E-state index in [1.165, 1.54) is 16.7 Å². The highest BCUT2D eigenvalue weighted by Crippen LogP contribution is 2.22. The van der Waals surface area contributed by atoms with Gasteiger partial charge in [0.05, 0.1) is 6.54 Å². The van der Waals surface area contributed by atoms with Gasteiger partial charge < -0.3 is 15.0 Å². The Morgan fingerprint density at radius 1 is 1.30 bits per heavy atom. The van der Waals surface area contributed by atoms with Gasteiger partial charge in [-0.05, 0) is 46.8 Å².